The first-order valence-corrected chi connectivity index (χ1v) is 6.96. The van der Waals surface area contributed by atoms with Crippen LogP contribution in [0.3, 0.4) is 0 Å². The lowest BCUT2D eigenvalue weighted by Gasteiger charge is -2.27. The maximum Gasteiger partial charge on any atom is 0.236 e. The van der Waals surface area contributed by atoms with Crippen molar-refractivity contribution < 1.29 is 14.3 Å². The number of carbonyl (C=O) groups excluding carboxylic acids is 1. The van der Waals surface area contributed by atoms with Crippen LogP contribution in [-0.2, 0) is 14.3 Å². The van der Waals surface area contributed by atoms with Crippen LogP contribution in [0.4, 0.5) is 0 Å². The third-order valence-electron chi connectivity index (χ3n) is 4.01. The van der Waals surface area contributed by atoms with Gasteiger partial charge in [0.1, 0.15) is 11.5 Å². The number of methoxy groups -OCH3 is 2. The standard InChI is InChI=1S/C15H24N2O3/c1-16(2)7-8-17-6-5-15(14(17)18)10-12(19-3)9-13(11-15)20-4/h10-11H,5-9H2,1-4H3. The summed E-state index contributed by atoms with van der Waals surface area (Å²) in [6.45, 7) is 2.43. The van der Waals surface area contributed by atoms with E-state index in [0.29, 0.717) is 6.42 Å². The normalized spacial score (nSPS) is 21.2. The minimum atomic E-state index is -0.568. The third kappa shape index (κ3) is 2.82. The Morgan fingerprint density at radius 2 is 1.85 bits per heavy atom. The zero-order valence-corrected chi connectivity index (χ0v) is 12.8. The van der Waals surface area contributed by atoms with Gasteiger partial charge in [-0.25, -0.2) is 0 Å². The topological polar surface area (TPSA) is 42.0 Å². The molecule has 5 heteroatoms. The zero-order chi connectivity index (χ0) is 14.8. The van der Waals surface area contributed by atoms with Gasteiger partial charge in [0.2, 0.25) is 5.91 Å². The van der Waals surface area contributed by atoms with Crippen LogP contribution < -0.4 is 0 Å². The van der Waals surface area contributed by atoms with Crippen LogP contribution in [0.1, 0.15) is 12.8 Å². The Kier molecular flexibility index (Phi) is 4.38. The highest BCUT2D eigenvalue weighted by Gasteiger charge is 2.45. The molecule has 0 aromatic carbocycles. The third-order valence-corrected chi connectivity index (χ3v) is 4.01. The van der Waals surface area contributed by atoms with E-state index in [1.807, 2.05) is 31.1 Å². The maximum atomic E-state index is 12.7. The van der Waals surface area contributed by atoms with Crippen molar-refractivity contribution in [2.24, 2.45) is 5.41 Å². The fourth-order valence-electron chi connectivity index (χ4n) is 2.78. The quantitative estimate of drug-likeness (QED) is 0.759. The second kappa shape index (κ2) is 5.87. The van der Waals surface area contributed by atoms with Crippen molar-refractivity contribution in [1.29, 1.82) is 0 Å². The van der Waals surface area contributed by atoms with E-state index in [1.165, 1.54) is 0 Å². The van der Waals surface area contributed by atoms with Crippen molar-refractivity contribution in [2.45, 2.75) is 12.8 Å². The molecular formula is C15H24N2O3. The summed E-state index contributed by atoms with van der Waals surface area (Å²) in [5, 5.41) is 0. The molecular weight excluding hydrogens is 256 g/mol. The molecule has 1 amide bonds. The van der Waals surface area contributed by atoms with Gasteiger partial charge in [-0.15, -0.1) is 0 Å². The molecule has 0 aromatic heterocycles. The SMILES string of the molecule is COC1=CC2(C=C(OC)C1)CCN(CCN(C)C)C2=O. The molecule has 1 spiro atoms. The number of likely N-dealkylation sites (tertiary alicyclic amines) is 1. The molecule has 0 radical (unpaired) electrons. The van der Waals surface area contributed by atoms with Crippen molar-refractivity contribution in [2.75, 3.05) is 47.9 Å². The van der Waals surface area contributed by atoms with E-state index >= 15 is 0 Å². The van der Waals surface area contributed by atoms with E-state index in [-0.39, 0.29) is 5.91 Å². The van der Waals surface area contributed by atoms with Crippen LogP contribution in [0.2, 0.25) is 0 Å². The lowest BCUT2D eigenvalue weighted by atomic mass is 9.81. The van der Waals surface area contributed by atoms with Gasteiger partial charge in [-0.2, -0.15) is 0 Å². The van der Waals surface area contributed by atoms with Gasteiger partial charge in [0.05, 0.1) is 26.1 Å². The summed E-state index contributed by atoms with van der Waals surface area (Å²) in [7, 11) is 7.31. The Balaban J connectivity index is 2.18. The molecule has 20 heavy (non-hydrogen) atoms. The molecule has 1 aliphatic carbocycles. The van der Waals surface area contributed by atoms with Crippen molar-refractivity contribution in [3.8, 4) is 0 Å². The molecule has 112 valence electrons. The number of hydrogen-bond donors (Lipinski definition) is 0. The monoisotopic (exact) mass is 280 g/mol. The zero-order valence-electron chi connectivity index (χ0n) is 12.8. The largest absolute Gasteiger partial charge is 0.501 e. The van der Waals surface area contributed by atoms with Gasteiger partial charge < -0.3 is 19.3 Å². The highest BCUT2D eigenvalue weighted by Crippen LogP contribution is 2.41. The number of likely N-dealkylation sites (N-methyl/N-ethyl adjacent to an activating group) is 1. The smallest absolute Gasteiger partial charge is 0.236 e. The van der Waals surface area contributed by atoms with Crippen molar-refractivity contribution in [1.82, 2.24) is 9.80 Å². The first-order valence-electron chi connectivity index (χ1n) is 6.96. The Bertz CT molecular complexity index is 420. The molecule has 0 bridgehead atoms. The average Bonchev–Trinajstić information content (AvgIpc) is 2.73. The summed E-state index contributed by atoms with van der Waals surface area (Å²) < 4.78 is 10.7. The number of amides is 1. The van der Waals surface area contributed by atoms with Crippen LogP contribution in [-0.4, -0.2) is 63.7 Å². The molecule has 0 saturated carbocycles. The Hall–Kier alpha value is -1.49. The van der Waals surface area contributed by atoms with Gasteiger partial charge in [-0.1, -0.05) is 0 Å². The Morgan fingerprint density at radius 1 is 1.25 bits per heavy atom. The number of hydrogen-bond acceptors (Lipinski definition) is 4. The molecule has 0 unspecified atom stereocenters. The molecule has 1 saturated heterocycles. The summed E-state index contributed by atoms with van der Waals surface area (Å²) in [6, 6.07) is 0. The second-order valence-electron chi connectivity index (χ2n) is 5.69. The van der Waals surface area contributed by atoms with Crippen molar-refractivity contribution in [3.05, 3.63) is 23.7 Å². The summed E-state index contributed by atoms with van der Waals surface area (Å²) in [5.74, 6) is 1.78. The first kappa shape index (κ1) is 14.9. The summed E-state index contributed by atoms with van der Waals surface area (Å²) in [5.41, 5.74) is -0.568. The van der Waals surface area contributed by atoms with E-state index < -0.39 is 5.41 Å². The predicted molar refractivity (Wildman–Crippen MR) is 77.0 cm³/mol. The van der Waals surface area contributed by atoms with Crippen LogP contribution in [0.5, 0.6) is 0 Å². The van der Waals surface area contributed by atoms with Crippen LogP contribution in [0.15, 0.2) is 23.7 Å². The lowest BCUT2D eigenvalue weighted by molar-refractivity contribution is -0.132. The molecule has 0 aromatic rings. The molecule has 1 fully saturated rings. The molecule has 0 atom stereocenters. The van der Waals surface area contributed by atoms with E-state index in [0.717, 1.165) is 37.6 Å². The maximum absolute atomic E-state index is 12.7. The molecule has 1 aliphatic heterocycles. The van der Waals surface area contributed by atoms with Crippen LogP contribution in [0, 0.1) is 5.41 Å². The van der Waals surface area contributed by atoms with Gasteiger partial charge in [-0.05, 0) is 32.7 Å². The minimum Gasteiger partial charge on any atom is -0.501 e. The average molecular weight is 280 g/mol. The highest BCUT2D eigenvalue weighted by atomic mass is 16.5. The Labute approximate surface area is 120 Å². The first-order chi connectivity index (χ1) is 9.50. The molecule has 2 rings (SSSR count). The summed E-state index contributed by atoms with van der Waals surface area (Å²) in [4.78, 5) is 16.7. The van der Waals surface area contributed by atoms with E-state index in [1.54, 1.807) is 14.2 Å². The molecule has 2 aliphatic rings. The molecule has 5 nitrogen and oxygen atoms in total. The van der Waals surface area contributed by atoms with E-state index in [4.69, 9.17) is 9.47 Å². The van der Waals surface area contributed by atoms with Crippen molar-refractivity contribution >= 4 is 5.91 Å². The number of rotatable bonds is 5. The van der Waals surface area contributed by atoms with Gasteiger partial charge in [0.15, 0.2) is 0 Å². The molecule has 1 heterocycles. The second-order valence-corrected chi connectivity index (χ2v) is 5.69. The van der Waals surface area contributed by atoms with Crippen LogP contribution in [0.25, 0.3) is 0 Å². The number of carbonyl (C=O) groups is 1. The van der Waals surface area contributed by atoms with E-state index in [2.05, 4.69) is 4.90 Å². The number of nitrogens with zero attached hydrogens (tertiary/aromatic N) is 2. The van der Waals surface area contributed by atoms with Gasteiger partial charge in [0, 0.05) is 19.6 Å². The van der Waals surface area contributed by atoms with Crippen LogP contribution >= 0.6 is 0 Å². The number of ether oxygens (including phenoxy) is 2. The molecule has 0 N–H and O–H groups in total. The summed E-state index contributed by atoms with van der Waals surface area (Å²) >= 11 is 0. The van der Waals surface area contributed by atoms with Gasteiger partial charge in [0.25, 0.3) is 0 Å². The van der Waals surface area contributed by atoms with Crippen molar-refractivity contribution in [3.63, 3.8) is 0 Å². The predicted octanol–water partition coefficient (Wildman–Crippen LogP) is 1.23. The lowest BCUT2D eigenvalue weighted by Crippen LogP contribution is -2.37. The van der Waals surface area contributed by atoms with E-state index in [9.17, 15) is 4.79 Å². The Morgan fingerprint density at radius 3 is 2.35 bits per heavy atom. The highest BCUT2D eigenvalue weighted by molar-refractivity contribution is 5.89. The van der Waals surface area contributed by atoms with Gasteiger partial charge >= 0.3 is 0 Å². The summed E-state index contributed by atoms with van der Waals surface area (Å²) in [6.07, 6.45) is 5.35. The fourth-order valence-corrected chi connectivity index (χ4v) is 2.78. The fraction of sp³-hybridized carbons (Fsp3) is 0.667. The minimum absolute atomic E-state index is 0.156. The van der Waals surface area contributed by atoms with Gasteiger partial charge in [-0.3, -0.25) is 4.79 Å².